The molecule has 1 aliphatic rings. The topological polar surface area (TPSA) is 85.7 Å². The highest BCUT2D eigenvalue weighted by molar-refractivity contribution is 7.98. The Morgan fingerprint density at radius 2 is 1.97 bits per heavy atom. The molecule has 168 valence electrons. The molecule has 1 aliphatic heterocycles. The number of aromatic nitrogens is 2. The molecule has 0 aliphatic carbocycles. The highest BCUT2D eigenvalue weighted by Gasteiger charge is 2.26. The number of carbonyl (C=O) groups excluding carboxylic acids is 2. The standard InChI is InChI=1S/C20H24Cl2N4O4S/c1-3-30-19(28)16-17(23-18(27)13-4-5-14(21)15(22)12-13)24-20(31-2)26(16)7-6-25-8-10-29-11-9-25/h4-5,12H,3,6-11H2,1-2H3,(H,23,27). The number of nitrogens with one attached hydrogen (secondary N) is 1. The molecule has 2 aromatic rings. The van der Waals surface area contributed by atoms with Gasteiger partial charge in [0.05, 0.1) is 29.9 Å². The first kappa shape index (κ1) is 23.9. The summed E-state index contributed by atoms with van der Waals surface area (Å²) in [6.45, 7) is 6.24. The van der Waals surface area contributed by atoms with Gasteiger partial charge < -0.3 is 19.4 Å². The lowest BCUT2D eigenvalue weighted by Crippen LogP contribution is -2.38. The van der Waals surface area contributed by atoms with Gasteiger partial charge in [-0.1, -0.05) is 35.0 Å². The van der Waals surface area contributed by atoms with E-state index in [-0.39, 0.29) is 23.1 Å². The number of hydrogen-bond acceptors (Lipinski definition) is 7. The summed E-state index contributed by atoms with van der Waals surface area (Å²) in [4.78, 5) is 32.3. The molecule has 1 fully saturated rings. The van der Waals surface area contributed by atoms with E-state index in [1.54, 1.807) is 23.6 Å². The van der Waals surface area contributed by atoms with Gasteiger partial charge in [-0.25, -0.2) is 9.78 Å². The lowest BCUT2D eigenvalue weighted by molar-refractivity contribution is 0.0354. The van der Waals surface area contributed by atoms with Crippen molar-refractivity contribution >= 4 is 52.7 Å². The monoisotopic (exact) mass is 486 g/mol. The molecule has 8 nitrogen and oxygen atoms in total. The van der Waals surface area contributed by atoms with E-state index >= 15 is 0 Å². The summed E-state index contributed by atoms with van der Waals surface area (Å²) in [5.74, 6) is -0.836. The van der Waals surface area contributed by atoms with E-state index in [1.807, 2.05) is 6.26 Å². The van der Waals surface area contributed by atoms with Crippen LogP contribution in [-0.2, 0) is 16.0 Å². The number of hydrogen-bond donors (Lipinski definition) is 1. The second-order valence-electron chi connectivity index (χ2n) is 6.70. The van der Waals surface area contributed by atoms with Crippen LogP contribution in [0.4, 0.5) is 5.82 Å². The van der Waals surface area contributed by atoms with E-state index in [1.165, 1.54) is 17.8 Å². The van der Waals surface area contributed by atoms with Crippen LogP contribution in [-0.4, -0.2) is 72.0 Å². The summed E-state index contributed by atoms with van der Waals surface area (Å²) in [6, 6.07) is 4.56. The van der Waals surface area contributed by atoms with Gasteiger partial charge in [0.1, 0.15) is 0 Å². The maximum Gasteiger partial charge on any atom is 0.358 e. The maximum absolute atomic E-state index is 12.8. The Kier molecular flexibility index (Phi) is 8.62. The smallest absolute Gasteiger partial charge is 0.358 e. The van der Waals surface area contributed by atoms with Crippen molar-refractivity contribution in [3.05, 3.63) is 39.5 Å². The van der Waals surface area contributed by atoms with E-state index in [9.17, 15) is 9.59 Å². The molecule has 1 aromatic carbocycles. The average Bonchev–Trinajstić information content (AvgIpc) is 3.12. The number of imidazole rings is 1. The second kappa shape index (κ2) is 11.2. The van der Waals surface area contributed by atoms with Crippen molar-refractivity contribution in [2.45, 2.75) is 18.6 Å². The van der Waals surface area contributed by atoms with Gasteiger partial charge in [-0.3, -0.25) is 9.69 Å². The summed E-state index contributed by atoms with van der Waals surface area (Å²) in [5.41, 5.74) is 0.519. The van der Waals surface area contributed by atoms with Crippen LogP contribution in [0.2, 0.25) is 10.0 Å². The van der Waals surface area contributed by atoms with Gasteiger partial charge in [0.25, 0.3) is 5.91 Å². The zero-order valence-electron chi connectivity index (χ0n) is 17.3. The highest BCUT2D eigenvalue weighted by Crippen LogP contribution is 2.27. The van der Waals surface area contributed by atoms with Crippen LogP contribution in [0.3, 0.4) is 0 Å². The Balaban J connectivity index is 1.88. The van der Waals surface area contributed by atoms with Gasteiger partial charge in [-0.15, -0.1) is 0 Å². The van der Waals surface area contributed by atoms with Gasteiger partial charge in [-0.05, 0) is 31.4 Å². The first-order valence-corrected chi connectivity index (χ1v) is 11.8. The molecule has 1 aromatic heterocycles. The van der Waals surface area contributed by atoms with Crippen LogP contribution >= 0.6 is 35.0 Å². The first-order chi connectivity index (χ1) is 14.9. The molecular weight excluding hydrogens is 463 g/mol. The van der Waals surface area contributed by atoms with E-state index in [0.717, 1.165) is 19.6 Å². The predicted molar refractivity (Wildman–Crippen MR) is 122 cm³/mol. The van der Waals surface area contributed by atoms with Crippen molar-refractivity contribution in [2.24, 2.45) is 0 Å². The first-order valence-electron chi connectivity index (χ1n) is 9.82. The van der Waals surface area contributed by atoms with Gasteiger partial charge in [0.2, 0.25) is 0 Å². The fourth-order valence-corrected chi connectivity index (χ4v) is 4.06. The van der Waals surface area contributed by atoms with Crippen LogP contribution in [0.1, 0.15) is 27.8 Å². The van der Waals surface area contributed by atoms with Crippen molar-refractivity contribution in [2.75, 3.05) is 51.0 Å². The normalized spacial score (nSPS) is 14.5. The molecule has 1 amide bonds. The number of amides is 1. The summed E-state index contributed by atoms with van der Waals surface area (Å²) in [7, 11) is 0. The molecule has 0 unspecified atom stereocenters. The third kappa shape index (κ3) is 5.93. The van der Waals surface area contributed by atoms with E-state index in [0.29, 0.717) is 35.5 Å². The molecule has 0 spiro atoms. The molecule has 0 radical (unpaired) electrons. The fraction of sp³-hybridized carbons (Fsp3) is 0.450. The van der Waals surface area contributed by atoms with Gasteiger partial charge in [0, 0.05) is 31.7 Å². The third-order valence-electron chi connectivity index (χ3n) is 4.74. The molecule has 0 bridgehead atoms. The number of morpholine rings is 1. The van der Waals surface area contributed by atoms with Crippen LogP contribution in [0.15, 0.2) is 23.4 Å². The number of halogens is 2. The Morgan fingerprint density at radius 3 is 2.61 bits per heavy atom. The van der Waals surface area contributed by atoms with Crippen molar-refractivity contribution in [1.82, 2.24) is 14.5 Å². The Morgan fingerprint density at radius 1 is 1.23 bits per heavy atom. The lowest BCUT2D eigenvalue weighted by Gasteiger charge is -2.27. The zero-order valence-corrected chi connectivity index (χ0v) is 19.6. The third-order valence-corrected chi connectivity index (χ3v) is 6.16. The molecule has 31 heavy (non-hydrogen) atoms. The molecule has 1 N–H and O–H groups in total. The Labute approximate surface area is 195 Å². The molecule has 11 heteroatoms. The average molecular weight is 487 g/mol. The zero-order chi connectivity index (χ0) is 22.4. The van der Waals surface area contributed by atoms with Crippen LogP contribution in [0.25, 0.3) is 0 Å². The van der Waals surface area contributed by atoms with Gasteiger partial charge in [0.15, 0.2) is 16.7 Å². The van der Waals surface area contributed by atoms with Crippen molar-refractivity contribution < 1.29 is 19.1 Å². The minimum absolute atomic E-state index is 0.154. The SMILES string of the molecule is CCOC(=O)c1c(NC(=O)c2ccc(Cl)c(Cl)c2)nc(SC)n1CCN1CCOCC1. The molecule has 0 atom stereocenters. The Hall–Kier alpha value is -1.78. The van der Waals surface area contributed by atoms with E-state index < -0.39 is 11.9 Å². The largest absolute Gasteiger partial charge is 0.461 e. The minimum Gasteiger partial charge on any atom is -0.461 e. The number of esters is 1. The van der Waals surface area contributed by atoms with Gasteiger partial charge in [-0.2, -0.15) is 0 Å². The molecule has 0 saturated carbocycles. The maximum atomic E-state index is 12.8. The van der Waals surface area contributed by atoms with Crippen LogP contribution in [0, 0.1) is 0 Å². The predicted octanol–water partition coefficient (Wildman–Crippen LogP) is 3.67. The highest BCUT2D eigenvalue weighted by atomic mass is 35.5. The number of thioether (sulfide) groups is 1. The second-order valence-corrected chi connectivity index (χ2v) is 8.29. The van der Waals surface area contributed by atoms with Crippen LogP contribution < -0.4 is 5.32 Å². The molecular formula is C20H24Cl2N4O4S. The number of benzene rings is 1. The molecule has 3 rings (SSSR count). The van der Waals surface area contributed by atoms with Crippen molar-refractivity contribution in [1.29, 1.82) is 0 Å². The van der Waals surface area contributed by atoms with Crippen molar-refractivity contribution in [3.63, 3.8) is 0 Å². The summed E-state index contributed by atoms with van der Waals surface area (Å²) >= 11 is 13.4. The quantitative estimate of drug-likeness (QED) is 0.449. The van der Waals surface area contributed by atoms with Crippen molar-refractivity contribution in [3.8, 4) is 0 Å². The van der Waals surface area contributed by atoms with Crippen LogP contribution in [0.5, 0.6) is 0 Å². The molecule has 2 heterocycles. The number of rotatable bonds is 8. The number of ether oxygens (including phenoxy) is 2. The fourth-order valence-electron chi connectivity index (χ4n) is 3.17. The minimum atomic E-state index is -0.540. The Bertz CT molecular complexity index is 948. The number of nitrogens with zero attached hydrogens (tertiary/aromatic N) is 3. The summed E-state index contributed by atoms with van der Waals surface area (Å²) in [5, 5.41) is 3.95. The van der Waals surface area contributed by atoms with E-state index in [4.69, 9.17) is 32.7 Å². The number of carbonyl (C=O) groups is 2. The lowest BCUT2D eigenvalue weighted by atomic mass is 10.2. The van der Waals surface area contributed by atoms with E-state index in [2.05, 4.69) is 15.2 Å². The number of anilines is 1. The summed E-state index contributed by atoms with van der Waals surface area (Å²) in [6.07, 6.45) is 1.87. The van der Waals surface area contributed by atoms with Gasteiger partial charge >= 0.3 is 5.97 Å². The molecule has 1 saturated heterocycles. The summed E-state index contributed by atoms with van der Waals surface area (Å²) < 4.78 is 12.4.